The maximum Gasteiger partial charge on any atom is 0.229 e. The number of ether oxygens (including phenoxy) is 1. The normalized spacial score (nSPS) is 18.2. The lowest BCUT2D eigenvalue weighted by molar-refractivity contribution is -0.138. The third-order valence-corrected chi connectivity index (χ3v) is 4.10. The van der Waals surface area contributed by atoms with Crippen molar-refractivity contribution < 1.29 is 14.1 Å². The SMILES string of the molecule is Cc1cccc(CC(=O)N2CCO[C@@H](c3noc(C(C)C)n3)C2)c1. The maximum absolute atomic E-state index is 12.6. The molecule has 0 radical (unpaired) electrons. The number of aromatic nitrogens is 2. The molecule has 0 N–H and O–H groups in total. The Balaban J connectivity index is 1.65. The molecular weight excluding hydrogens is 306 g/mol. The zero-order chi connectivity index (χ0) is 17.1. The molecule has 2 heterocycles. The van der Waals surface area contributed by atoms with Crippen molar-refractivity contribution in [2.75, 3.05) is 19.7 Å². The van der Waals surface area contributed by atoms with E-state index in [9.17, 15) is 4.79 Å². The zero-order valence-electron chi connectivity index (χ0n) is 14.4. The van der Waals surface area contributed by atoms with E-state index in [0.29, 0.717) is 37.8 Å². The molecule has 0 spiro atoms. The lowest BCUT2D eigenvalue weighted by atomic mass is 10.1. The summed E-state index contributed by atoms with van der Waals surface area (Å²) in [4.78, 5) is 18.8. The average molecular weight is 329 g/mol. The summed E-state index contributed by atoms with van der Waals surface area (Å²) in [6.07, 6.45) is 0.0780. The van der Waals surface area contributed by atoms with E-state index in [1.54, 1.807) is 0 Å². The van der Waals surface area contributed by atoms with E-state index < -0.39 is 0 Å². The van der Waals surface area contributed by atoms with Gasteiger partial charge in [0.15, 0.2) is 0 Å². The number of nitrogens with zero attached hydrogens (tertiary/aromatic N) is 3. The molecule has 0 unspecified atom stereocenters. The van der Waals surface area contributed by atoms with Crippen molar-refractivity contribution in [3.63, 3.8) is 0 Å². The number of benzene rings is 1. The fourth-order valence-corrected chi connectivity index (χ4v) is 2.75. The summed E-state index contributed by atoms with van der Waals surface area (Å²) in [5.41, 5.74) is 2.19. The highest BCUT2D eigenvalue weighted by Crippen LogP contribution is 2.22. The van der Waals surface area contributed by atoms with Gasteiger partial charge in [-0.1, -0.05) is 48.8 Å². The van der Waals surface area contributed by atoms with Crippen molar-refractivity contribution in [3.05, 3.63) is 47.1 Å². The first kappa shape index (κ1) is 16.6. The zero-order valence-corrected chi connectivity index (χ0v) is 14.4. The van der Waals surface area contributed by atoms with Crippen LogP contribution in [0.25, 0.3) is 0 Å². The van der Waals surface area contributed by atoms with E-state index in [2.05, 4.69) is 10.1 Å². The minimum Gasteiger partial charge on any atom is -0.366 e. The van der Waals surface area contributed by atoms with Crippen LogP contribution < -0.4 is 0 Å². The number of hydrogen-bond acceptors (Lipinski definition) is 5. The number of aryl methyl sites for hydroxylation is 1. The second-order valence-electron chi connectivity index (χ2n) is 6.51. The Hall–Kier alpha value is -2.21. The minimum atomic E-state index is -0.323. The molecule has 1 aromatic carbocycles. The molecule has 3 rings (SSSR count). The molecule has 1 amide bonds. The Morgan fingerprint density at radius 1 is 1.42 bits per heavy atom. The fourth-order valence-electron chi connectivity index (χ4n) is 2.75. The van der Waals surface area contributed by atoms with Gasteiger partial charge in [-0.2, -0.15) is 4.98 Å². The summed E-state index contributed by atoms with van der Waals surface area (Å²) in [6.45, 7) is 7.56. The Morgan fingerprint density at radius 2 is 2.25 bits per heavy atom. The van der Waals surface area contributed by atoms with Crippen LogP contribution in [0.2, 0.25) is 0 Å². The van der Waals surface area contributed by atoms with E-state index in [0.717, 1.165) is 11.1 Å². The van der Waals surface area contributed by atoms with Crippen LogP contribution in [-0.2, 0) is 16.0 Å². The fraction of sp³-hybridized carbons (Fsp3) is 0.500. The van der Waals surface area contributed by atoms with Crippen LogP contribution >= 0.6 is 0 Å². The van der Waals surface area contributed by atoms with Crippen LogP contribution in [0.15, 0.2) is 28.8 Å². The van der Waals surface area contributed by atoms with E-state index in [-0.39, 0.29) is 17.9 Å². The molecule has 128 valence electrons. The van der Waals surface area contributed by atoms with Gasteiger partial charge in [-0.3, -0.25) is 4.79 Å². The standard InChI is InChI=1S/C18H23N3O3/c1-12(2)18-19-17(20-24-18)15-11-21(7-8-23-15)16(22)10-14-6-4-5-13(3)9-14/h4-6,9,12,15H,7-8,10-11H2,1-3H3/t15-/m1/s1. The van der Waals surface area contributed by atoms with Crippen molar-refractivity contribution in [1.29, 1.82) is 0 Å². The van der Waals surface area contributed by atoms with Gasteiger partial charge in [0.25, 0.3) is 0 Å². The van der Waals surface area contributed by atoms with Crippen molar-refractivity contribution in [2.24, 2.45) is 0 Å². The van der Waals surface area contributed by atoms with Crippen molar-refractivity contribution >= 4 is 5.91 Å². The van der Waals surface area contributed by atoms with Gasteiger partial charge in [-0.25, -0.2) is 0 Å². The third kappa shape index (κ3) is 3.82. The van der Waals surface area contributed by atoms with Gasteiger partial charge in [0.1, 0.15) is 6.10 Å². The molecule has 1 saturated heterocycles. The maximum atomic E-state index is 12.6. The lowest BCUT2D eigenvalue weighted by Gasteiger charge is -2.31. The summed E-state index contributed by atoms with van der Waals surface area (Å²) in [5, 5.41) is 4.00. The molecule has 0 aliphatic carbocycles. The number of morpholine rings is 1. The number of hydrogen-bond donors (Lipinski definition) is 0. The van der Waals surface area contributed by atoms with E-state index in [1.165, 1.54) is 0 Å². The first-order chi connectivity index (χ1) is 11.5. The predicted molar refractivity (Wildman–Crippen MR) is 88.5 cm³/mol. The summed E-state index contributed by atoms with van der Waals surface area (Å²) in [5.74, 6) is 1.39. The summed E-state index contributed by atoms with van der Waals surface area (Å²) in [7, 11) is 0. The highest BCUT2D eigenvalue weighted by molar-refractivity contribution is 5.79. The number of carbonyl (C=O) groups excluding carboxylic acids is 1. The average Bonchev–Trinajstić information content (AvgIpc) is 3.05. The molecule has 0 saturated carbocycles. The van der Waals surface area contributed by atoms with Crippen molar-refractivity contribution in [2.45, 2.75) is 39.2 Å². The quantitative estimate of drug-likeness (QED) is 0.862. The third-order valence-electron chi connectivity index (χ3n) is 4.10. The number of carbonyl (C=O) groups is 1. The Labute approximate surface area is 141 Å². The molecule has 1 aliphatic heterocycles. The molecule has 2 aromatic rings. The monoisotopic (exact) mass is 329 g/mol. The lowest BCUT2D eigenvalue weighted by Crippen LogP contribution is -2.43. The van der Waals surface area contributed by atoms with Crippen LogP contribution in [0, 0.1) is 6.92 Å². The van der Waals surface area contributed by atoms with E-state index in [4.69, 9.17) is 9.26 Å². The highest BCUT2D eigenvalue weighted by atomic mass is 16.5. The smallest absolute Gasteiger partial charge is 0.229 e. The minimum absolute atomic E-state index is 0.0986. The Bertz CT molecular complexity index is 711. The number of amides is 1. The molecule has 1 aliphatic rings. The van der Waals surface area contributed by atoms with E-state index >= 15 is 0 Å². The molecule has 6 nitrogen and oxygen atoms in total. The van der Waals surface area contributed by atoms with Crippen LogP contribution in [-0.4, -0.2) is 40.6 Å². The molecule has 24 heavy (non-hydrogen) atoms. The summed E-state index contributed by atoms with van der Waals surface area (Å²) in [6, 6.07) is 8.04. The second kappa shape index (κ2) is 7.13. The van der Waals surface area contributed by atoms with Gasteiger partial charge in [0.05, 0.1) is 19.6 Å². The van der Waals surface area contributed by atoms with E-state index in [1.807, 2.05) is 49.9 Å². The van der Waals surface area contributed by atoms with Gasteiger partial charge < -0.3 is 14.2 Å². The van der Waals surface area contributed by atoms with Gasteiger partial charge in [-0.15, -0.1) is 0 Å². The second-order valence-corrected chi connectivity index (χ2v) is 6.51. The number of rotatable bonds is 4. The van der Waals surface area contributed by atoms with Gasteiger partial charge in [-0.05, 0) is 12.5 Å². The predicted octanol–water partition coefficient (Wildman–Crippen LogP) is 2.64. The summed E-state index contributed by atoms with van der Waals surface area (Å²) < 4.78 is 11.0. The van der Waals surface area contributed by atoms with Gasteiger partial charge in [0, 0.05) is 12.5 Å². The largest absolute Gasteiger partial charge is 0.366 e. The van der Waals surface area contributed by atoms with Crippen molar-refractivity contribution in [1.82, 2.24) is 15.0 Å². The molecule has 1 atom stereocenters. The summed E-state index contributed by atoms with van der Waals surface area (Å²) >= 11 is 0. The molecule has 0 bridgehead atoms. The molecule has 1 fully saturated rings. The Morgan fingerprint density at radius 3 is 2.96 bits per heavy atom. The molecular formula is C18H23N3O3. The van der Waals surface area contributed by atoms with Crippen LogP contribution in [0.3, 0.4) is 0 Å². The van der Waals surface area contributed by atoms with Crippen LogP contribution in [0.4, 0.5) is 0 Å². The molecule has 6 heteroatoms. The van der Waals surface area contributed by atoms with Gasteiger partial charge >= 0.3 is 0 Å². The molecule has 1 aromatic heterocycles. The topological polar surface area (TPSA) is 68.5 Å². The van der Waals surface area contributed by atoms with Gasteiger partial charge in [0.2, 0.25) is 17.6 Å². The van der Waals surface area contributed by atoms with Crippen LogP contribution in [0.1, 0.15) is 48.7 Å². The van der Waals surface area contributed by atoms with Crippen molar-refractivity contribution in [3.8, 4) is 0 Å². The first-order valence-electron chi connectivity index (χ1n) is 8.31. The highest BCUT2D eigenvalue weighted by Gasteiger charge is 2.29. The van der Waals surface area contributed by atoms with Crippen LogP contribution in [0.5, 0.6) is 0 Å². The first-order valence-corrected chi connectivity index (χ1v) is 8.31. The Kier molecular flexibility index (Phi) is 4.94.